The third-order valence-corrected chi connectivity index (χ3v) is 7.44. The van der Waals surface area contributed by atoms with Gasteiger partial charge in [-0.2, -0.15) is 0 Å². The number of aromatic amines is 1. The van der Waals surface area contributed by atoms with E-state index in [4.69, 9.17) is 9.84 Å². The molecule has 1 aromatic carbocycles. The van der Waals surface area contributed by atoms with Gasteiger partial charge in [0.1, 0.15) is 17.2 Å². The second-order valence-corrected chi connectivity index (χ2v) is 9.42. The zero-order valence-corrected chi connectivity index (χ0v) is 19.4. The molecule has 1 aliphatic heterocycles. The van der Waals surface area contributed by atoms with Crippen LogP contribution in [0.2, 0.25) is 0 Å². The number of aliphatic carboxylic acids is 1. The third-order valence-electron chi connectivity index (χ3n) is 7.44. The van der Waals surface area contributed by atoms with Gasteiger partial charge < -0.3 is 14.8 Å². The van der Waals surface area contributed by atoms with Crippen LogP contribution >= 0.6 is 0 Å². The lowest BCUT2D eigenvalue weighted by atomic mass is 9.76. The molecule has 0 radical (unpaired) electrons. The lowest BCUT2D eigenvalue weighted by Crippen LogP contribution is -2.39. The average molecular weight is 464 g/mol. The normalized spacial score (nSPS) is 19.8. The minimum atomic E-state index is -0.740. The van der Waals surface area contributed by atoms with Gasteiger partial charge in [0.25, 0.3) is 0 Å². The number of methoxy groups -OCH3 is 1. The Morgan fingerprint density at radius 2 is 2.00 bits per heavy atom. The monoisotopic (exact) mass is 463 g/mol. The summed E-state index contributed by atoms with van der Waals surface area (Å²) in [7, 11) is 1.59. The van der Waals surface area contributed by atoms with Crippen LogP contribution in [0.25, 0.3) is 27.7 Å². The maximum Gasteiger partial charge on any atom is 0.317 e. The van der Waals surface area contributed by atoms with Gasteiger partial charge in [0, 0.05) is 22.8 Å². The summed E-state index contributed by atoms with van der Waals surface area (Å²) < 4.78 is 19.5. The lowest BCUT2D eigenvalue weighted by Gasteiger charge is -2.36. The highest BCUT2D eigenvalue weighted by molar-refractivity contribution is 5.96. The Morgan fingerprint density at radius 1 is 1.18 bits per heavy atom. The first-order chi connectivity index (χ1) is 16.5. The van der Waals surface area contributed by atoms with Gasteiger partial charge in [-0.25, -0.2) is 9.37 Å². The van der Waals surface area contributed by atoms with Gasteiger partial charge in [0.05, 0.1) is 13.7 Å². The van der Waals surface area contributed by atoms with E-state index in [1.807, 2.05) is 11.0 Å². The summed E-state index contributed by atoms with van der Waals surface area (Å²) in [4.78, 5) is 21.0. The summed E-state index contributed by atoms with van der Waals surface area (Å²) in [5.74, 6) is 0.914. The minimum Gasteiger partial charge on any atom is -0.496 e. The molecule has 2 N–H and O–H groups in total. The second-order valence-electron chi connectivity index (χ2n) is 9.42. The van der Waals surface area contributed by atoms with Crippen LogP contribution in [0.3, 0.4) is 0 Å². The van der Waals surface area contributed by atoms with Gasteiger partial charge in [0.2, 0.25) is 0 Å². The summed E-state index contributed by atoms with van der Waals surface area (Å²) in [6.07, 6.45) is 9.45. The van der Waals surface area contributed by atoms with Crippen molar-refractivity contribution < 1.29 is 19.0 Å². The summed E-state index contributed by atoms with van der Waals surface area (Å²) in [6.45, 7) is 1.91. The summed E-state index contributed by atoms with van der Waals surface area (Å²) in [5.41, 5.74) is 4.76. The highest BCUT2D eigenvalue weighted by atomic mass is 19.1. The topological polar surface area (TPSA) is 78.5 Å². The van der Waals surface area contributed by atoms with Crippen LogP contribution in [-0.2, 0) is 4.79 Å². The number of nitrogens with zero attached hydrogens (tertiary/aromatic N) is 2. The van der Waals surface area contributed by atoms with Crippen molar-refractivity contribution in [3.05, 3.63) is 54.1 Å². The molecule has 178 valence electrons. The Morgan fingerprint density at radius 3 is 2.71 bits per heavy atom. The van der Waals surface area contributed by atoms with E-state index in [9.17, 15) is 9.18 Å². The highest BCUT2D eigenvalue weighted by Crippen LogP contribution is 2.40. The van der Waals surface area contributed by atoms with Crippen LogP contribution in [0.15, 0.2) is 42.6 Å². The van der Waals surface area contributed by atoms with E-state index in [0.717, 1.165) is 67.5 Å². The van der Waals surface area contributed by atoms with Crippen LogP contribution in [0.4, 0.5) is 4.39 Å². The number of carbonyl (C=O) groups is 1. The van der Waals surface area contributed by atoms with Crippen LogP contribution in [0.1, 0.15) is 37.8 Å². The average Bonchev–Trinajstić information content (AvgIpc) is 3.29. The third kappa shape index (κ3) is 4.57. The summed E-state index contributed by atoms with van der Waals surface area (Å²) >= 11 is 0. The lowest BCUT2D eigenvalue weighted by molar-refractivity contribution is -0.138. The van der Waals surface area contributed by atoms with Gasteiger partial charge in [-0.15, -0.1) is 0 Å². The number of pyridine rings is 1. The molecule has 2 aromatic heterocycles. The molecule has 1 saturated heterocycles. The molecule has 3 heterocycles. The van der Waals surface area contributed by atoms with Crippen molar-refractivity contribution >= 4 is 22.6 Å². The van der Waals surface area contributed by atoms with E-state index in [0.29, 0.717) is 23.1 Å². The number of allylic oxidation sites excluding steroid dienone is 2. The van der Waals surface area contributed by atoms with Crippen molar-refractivity contribution in [2.24, 2.45) is 11.8 Å². The maximum atomic E-state index is 14.0. The first kappa shape index (κ1) is 22.6. The van der Waals surface area contributed by atoms with Crippen molar-refractivity contribution in [3.8, 4) is 16.9 Å². The van der Waals surface area contributed by atoms with Gasteiger partial charge in [-0.1, -0.05) is 6.08 Å². The number of nitrogens with one attached hydrogen (secondary N) is 1. The molecule has 5 rings (SSSR count). The number of halogens is 1. The standard InChI is InChI=1S/C27H30FN3O3/c1-34-25-7-6-20(28)14-22(25)21-8-11-29-27-23(21)15-24(30-27)19-4-2-17(3-5-19)18-9-12-31(13-10-18)16-26(32)33/h4,6-8,11,14-15,17-18H,2-3,5,9-10,12-13,16H2,1H3,(H,29,30)(H,32,33)/t17-/m0/s1. The zero-order chi connectivity index (χ0) is 23.7. The number of carboxylic acids is 1. The number of hydrogen-bond acceptors (Lipinski definition) is 4. The smallest absolute Gasteiger partial charge is 0.317 e. The van der Waals surface area contributed by atoms with Crippen molar-refractivity contribution in [1.82, 2.24) is 14.9 Å². The van der Waals surface area contributed by atoms with Crippen molar-refractivity contribution in [3.63, 3.8) is 0 Å². The molecule has 0 amide bonds. The molecule has 0 unspecified atom stereocenters. The Bertz CT molecular complexity index is 1230. The number of rotatable bonds is 6. The Balaban J connectivity index is 1.33. The molecule has 0 saturated carbocycles. The van der Waals surface area contributed by atoms with E-state index >= 15 is 0 Å². The molecule has 2 aliphatic rings. The fourth-order valence-electron chi connectivity index (χ4n) is 5.63. The second kappa shape index (κ2) is 9.58. The number of hydrogen-bond donors (Lipinski definition) is 2. The van der Waals surface area contributed by atoms with E-state index in [1.54, 1.807) is 19.4 Å². The number of aromatic nitrogens is 2. The first-order valence-corrected chi connectivity index (χ1v) is 12.0. The number of ether oxygens (including phenoxy) is 1. The number of piperidine rings is 1. The molecule has 1 atom stereocenters. The van der Waals surface area contributed by atoms with Gasteiger partial charge >= 0.3 is 5.97 Å². The maximum absolute atomic E-state index is 14.0. The number of likely N-dealkylation sites (tertiary alicyclic amines) is 1. The molecule has 0 bridgehead atoms. The molecule has 3 aromatic rings. The molecule has 1 fully saturated rings. The molecular formula is C27H30FN3O3. The Labute approximate surface area is 198 Å². The molecule has 7 heteroatoms. The van der Waals surface area contributed by atoms with Gasteiger partial charge in [0.15, 0.2) is 0 Å². The largest absolute Gasteiger partial charge is 0.496 e. The molecule has 1 aliphatic carbocycles. The van der Waals surface area contributed by atoms with Crippen LogP contribution in [-0.4, -0.2) is 52.7 Å². The van der Waals surface area contributed by atoms with E-state index < -0.39 is 5.97 Å². The fourth-order valence-corrected chi connectivity index (χ4v) is 5.63. The van der Waals surface area contributed by atoms with Crippen molar-refractivity contribution in [1.29, 1.82) is 0 Å². The van der Waals surface area contributed by atoms with Gasteiger partial charge in [-0.05, 0) is 98.5 Å². The Hall–Kier alpha value is -3.19. The summed E-state index contributed by atoms with van der Waals surface area (Å²) in [5, 5.41) is 9.96. The molecular weight excluding hydrogens is 433 g/mol. The number of carboxylic acid groups (broad SMARTS) is 1. The minimum absolute atomic E-state index is 0.152. The number of fused-ring (bicyclic) bond motifs is 1. The molecule has 0 spiro atoms. The van der Waals surface area contributed by atoms with E-state index in [1.165, 1.54) is 17.7 Å². The van der Waals surface area contributed by atoms with E-state index in [2.05, 4.69) is 22.1 Å². The molecule has 34 heavy (non-hydrogen) atoms. The van der Waals surface area contributed by atoms with Crippen LogP contribution < -0.4 is 4.74 Å². The predicted octanol–water partition coefficient (Wildman–Crippen LogP) is 5.36. The Kier molecular flexibility index (Phi) is 6.37. The van der Waals surface area contributed by atoms with Gasteiger partial charge in [-0.3, -0.25) is 9.69 Å². The van der Waals surface area contributed by atoms with Crippen molar-refractivity contribution in [2.75, 3.05) is 26.7 Å². The highest BCUT2D eigenvalue weighted by Gasteiger charge is 2.29. The predicted molar refractivity (Wildman–Crippen MR) is 130 cm³/mol. The van der Waals surface area contributed by atoms with Crippen LogP contribution in [0.5, 0.6) is 5.75 Å². The SMILES string of the molecule is COc1ccc(F)cc1-c1ccnc2[nH]c(C3=CC[C@H](C4CCN(CC(=O)O)CC4)CC3)cc12. The summed E-state index contributed by atoms with van der Waals surface area (Å²) in [6, 6.07) is 8.59. The van der Waals surface area contributed by atoms with Crippen LogP contribution in [0, 0.1) is 17.7 Å². The number of H-pyrrole nitrogens is 1. The van der Waals surface area contributed by atoms with E-state index in [-0.39, 0.29) is 12.4 Å². The fraction of sp³-hybridized carbons (Fsp3) is 0.407. The quantitative estimate of drug-likeness (QED) is 0.515. The number of benzene rings is 1. The zero-order valence-electron chi connectivity index (χ0n) is 19.4. The van der Waals surface area contributed by atoms with Crippen molar-refractivity contribution in [2.45, 2.75) is 32.1 Å². The first-order valence-electron chi connectivity index (χ1n) is 12.0. The molecule has 6 nitrogen and oxygen atoms in total.